The van der Waals surface area contributed by atoms with Crippen LogP contribution in [0.5, 0.6) is 0 Å². The molecule has 0 radical (unpaired) electrons. The number of alkyl carbamates (subject to hydrolysis) is 1. The van der Waals surface area contributed by atoms with Gasteiger partial charge in [0.15, 0.2) is 5.82 Å². The van der Waals surface area contributed by atoms with Crippen molar-refractivity contribution in [3.05, 3.63) is 47.5 Å². The molecule has 0 spiro atoms. The maximum atomic E-state index is 12.8. The molecule has 1 aromatic carbocycles. The number of aromatic amines is 1. The number of amides is 1. The van der Waals surface area contributed by atoms with Gasteiger partial charge in [-0.15, -0.1) is 0 Å². The lowest BCUT2D eigenvalue weighted by Gasteiger charge is -2.19. The van der Waals surface area contributed by atoms with Crippen molar-refractivity contribution in [3.8, 4) is 0 Å². The SMILES string of the molecule is CCN(CC)CCCS(=O)(=O)N[C@H](CCc1ccccc1)c1nc(CNC(=O)OC(C)C)n[nH]1. The maximum absolute atomic E-state index is 12.8. The molecule has 1 atom stereocenters. The highest BCUT2D eigenvalue weighted by molar-refractivity contribution is 7.89. The van der Waals surface area contributed by atoms with Crippen molar-refractivity contribution in [2.45, 2.75) is 65.6 Å². The van der Waals surface area contributed by atoms with Gasteiger partial charge in [-0.05, 0) is 58.3 Å². The highest BCUT2D eigenvalue weighted by Gasteiger charge is 2.23. The number of ether oxygens (including phenoxy) is 1. The third kappa shape index (κ3) is 10.2. The molecule has 10 nitrogen and oxygen atoms in total. The van der Waals surface area contributed by atoms with Crippen LogP contribution in [0, 0.1) is 0 Å². The van der Waals surface area contributed by atoms with E-state index in [0.717, 1.165) is 25.2 Å². The normalized spacial score (nSPS) is 12.8. The molecule has 2 rings (SSSR count). The molecule has 190 valence electrons. The molecule has 0 saturated heterocycles. The summed E-state index contributed by atoms with van der Waals surface area (Å²) >= 11 is 0. The molecule has 0 aliphatic rings. The summed E-state index contributed by atoms with van der Waals surface area (Å²) in [5, 5.41) is 9.55. The van der Waals surface area contributed by atoms with Crippen molar-refractivity contribution in [1.29, 1.82) is 0 Å². The minimum Gasteiger partial charge on any atom is -0.447 e. The number of carbonyl (C=O) groups excluding carboxylic acids is 1. The Balaban J connectivity index is 2.05. The summed E-state index contributed by atoms with van der Waals surface area (Å²) < 4.78 is 33.5. The van der Waals surface area contributed by atoms with Gasteiger partial charge in [0, 0.05) is 0 Å². The molecule has 2 aromatic rings. The smallest absolute Gasteiger partial charge is 0.407 e. The molecule has 34 heavy (non-hydrogen) atoms. The van der Waals surface area contributed by atoms with Gasteiger partial charge >= 0.3 is 6.09 Å². The van der Waals surface area contributed by atoms with Crippen molar-refractivity contribution in [1.82, 2.24) is 30.1 Å². The largest absolute Gasteiger partial charge is 0.447 e. The third-order valence-electron chi connectivity index (χ3n) is 5.28. The summed E-state index contributed by atoms with van der Waals surface area (Å²) in [6.07, 6.45) is 0.933. The molecule has 11 heteroatoms. The maximum Gasteiger partial charge on any atom is 0.407 e. The molecule has 0 fully saturated rings. The van der Waals surface area contributed by atoms with E-state index in [-0.39, 0.29) is 18.4 Å². The summed E-state index contributed by atoms with van der Waals surface area (Å²) in [6, 6.07) is 9.30. The molecular weight excluding hydrogens is 456 g/mol. The van der Waals surface area contributed by atoms with Crippen LogP contribution >= 0.6 is 0 Å². The second kappa shape index (κ2) is 14.0. The van der Waals surface area contributed by atoms with Crippen LogP contribution in [-0.4, -0.2) is 66.1 Å². The quantitative estimate of drug-likeness (QED) is 0.347. The van der Waals surface area contributed by atoms with Crippen LogP contribution in [0.2, 0.25) is 0 Å². The summed E-state index contributed by atoms with van der Waals surface area (Å²) in [5.74, 6) is 0.799. The van der Waals surface area contributed by atoms with E-state index in [1.807, 2.05) is 30.3 Å². The van der Waals surface area contributed by atoms with E-state index in [9.17, 15) is 13.2 Å². The number of aryl methyl sites for hydroxylation is 1. The molecule has 3 N–H and O–H groups in total. The van der Waals surface area contributed by atoms with Crippen molar-refractivity contribution >= 4 is 16.1 Å². The molecule has 1 amide bonds. The number of rotatable bonds is 15. The Bertz CT molecular complexity index is 961. The summed E-state index contributed by atoms with van der Waals surface area (Å²) in [6.45, 7) is 10.2. The Kier molecular flexibility index (Phi) is 11.4. The van der Waals surface area contributed by atoms with Crippen LogP contribution in [0.1, 0.15) is 63.8 Å². The number of nitrogens with zero attached hydrogens (tertiary/aromatic N) is 3. The van der Waals surface area contributed by atoms with Crippen LogP contribution in [0.3, 0.4) is 0 Å². The monoisotopic (exact) mass is 494 g/mol. The van der Waals surface area contributed by atoms with E-state index in [2.05, 4.69) is 44.0 Å². The number of carbonyl (C=O) groups is 1. The second-order valence-corrected chi connectivity index (χ2v) is 10.2. The Labute approximate surface area is 202 Å². The van der Waals surface area contributed by atoms with Crippen LogP contribution in [0.25, 0.3) is 0 Å². The molecule has 1 aromatic heterocycles. The Morgan fingerprint density at radius 2 is 1.88 bits per heavy atom. The fraction of sp³-hybridized carbons (Fsp3) is 0.609. The molecule has 0 aliphatic carbocycles. The van der Waals surface area contributed by atoms with Gasteiger partial charge in [0.2, 0.25) is 10.0 Å². The van der Waals surface area contributed by atoms with E-state index >= 15 is 0 Å². The molecule has 0 unspecified atom stereocenters. The van der Waals surface area contributed by atoms with E-state index in [0.29, 0.717) is 30.9 Å². The first kappa shape index (κ1) is 27.7. The van der Waals surface area contributed by atoms with Gasteiger partial charge in [-0.2, -0.15) is 5.10 Å². The van der Waals surface area contributed by atoms with E-state index in [1.165, 1.54) is 0 Å². The first-order valence-electron chi connectivity index (χ1n) is 11.8. The predicted octanol–water partition coefficient (Wildman–Crippen LogP) is 2.76. The van der Waals surface area contributed by atoms with Crippen molar-refractivity contribution in [2.75, 3.05) is 25.4 Å². The zero-order chi connectivity index (χ0) is 25.0. The second-order valence-electron chi connectivity index (χ2n) is 8.34. The van der Waals surface area contributed by atoms with Gasteiger partial charge in [-0.25, -0.2) is 22.9 Å². The van der Waals surface area contributed by atoms with Crippen LogP contribution in [-0.2, 0) is 27.7 Å². The van der Waals surface area contributed by atoms with Crippen LogP contribution in [0.15, 0.2) is 30.3 Å². The van der Waals surface area contributed by atoms with Gasteiger partial charge in [-0.1, -0.05) is 44.2 Å². The molecule has 0 aliphatic heterocycles. The number of H-pyrrole nitrogens is 1. The molecule has 0 bridgehead atoms. The topological polar surface area (TPSA) is 129 Å². The standard InChI is InChI=1S/C23H38N6O4S/c1-5-29(6-2)15-10-16-34(31,32)28-20(14-13-19-11-8-7-9-12-19)22-25-21(26-27-22)17-24-23(30)33-18(3)4/h7-9,11-12,18,20,28H,5-6,10,13-17H2,1-4H3,(H,24,30)(H,25,26,27)/t20-/m1/s1. The Hall–Kier alpha value is -2.50. The number of hydrogen-bond acceptors (Lipinski definition) is 7. The molecule has 0 saturated carbocycles. The summed E-state index contributed by atoms with van der Waals surface area (Å²) in [5.41, 5.74) is 1.10. The third-order valence-corrected chi connectivity index (χ3v) is 6.75. The minimum atomic E-state index is -3.53. The van der Waals surface area contributed by atoms with E-state index in [4.69, 9.17) is 4.74 Å². The van der Waals surface area contributed by atoms with Gasteiger partial charge in [-0.3, -0.25) is 5.10 Å². The fourth-order valence-electron chi connectivity index (χ4n) is 3.45. The van der Waals surface area contributed by atoms with Gasteiger partial charge in [0.05, 0.1) is 24.4 Å². The fourth-order valence-corrected chi connectivity index (χ4v) is 4.74. The zero-order valence-corrected chi connectivity index (χ0v) is 21.4. The lowest BCUT2D eigenvalue weighted by molar-refractivity contribution is 0.115. The molecule has 1 heterocycles. The summed E-state index contributed by atoms with van der Waals surface area (Å²) in [4.78, 5) is 18.3. The zero-order valence-electron chi connectivity index (χ0n) is 20.6. The van der Waals surface area contributed by atoms with Crippen molar-refractivity contribution in [3.63, 3.8) is 0 Å². The first-order valence-corrected chi connectivity index (χ1v) is 13.5. The average molecular weight is 495 g/mol. The minimum absolute atomic E-state index is 0.0366. The van der Waals surface area contributed by atoms with E-state index < -0.39 is 22.2 Å². The highest BCUT2D eigenvalue weighted by atomic mass is 32.2. The van der Waals surface area contributed by atoms with Crippen molar-refractivity contribution < 1.29 is 17.9 Å². The Morgan fingerprint density at radius 1 is 1.18 bits per heavy atom. The predicted molar refractivity (Wildman–Crippen MR) is 132 cm³/mol. The summed E-state index contributed by atoms with van der Waals surface area (Å²) in [7, 11) is -3.53. The van der Waals surface area contributed by atoms with Gasteiger partial charge < -0.3 is 15.0 Å². The Morgan fingerprint density at radius 3 is 2.53 bits per heavy atom. The number of hydrogen-bond donors (Lipinski definition) is 3. The number of sulfonamides is 1. The van der Waals surface area contributed by atoms with Gasteiger partial charge in [0.25, 0.3) is 0 Å². The number of benzene rings is 1. The lowest BCUT2D eigenvalue weighted by Crippen LogP contribution is -2.33. The highest BCUT2D eigenvalue weighted by Crippen LogP contribution is 2.18. The number of nitrogens with one attached hydrogen (secondary N) is 3. The lowest BCUT2D eigenvalue weighted by atomic mass is 10.1. The van der Waals surface area contributed by atoms with E-state index in [1.54, 1.807) is 13.8 Å². The first-order chi connectivity index (χ1) is 16.2. The average Bonchev–Trinajstić information content (AvgIpc) is 3.27. The van der Waals surface area contributed by atoms with Crippen LogP contribution < -0.4 is 10.0 Å². The van der Waals surface area contributed by atoms with Gasteiger partial charge in [0.1, 0.15) is 5.82 Å². The molecular formula is C23H38N6O4S. The van der Waals surface area contributed by atoms with Crippen molar-refractivity contribution in [2.24, 2.45) is 0 Å². The van der Waals surface area contributed by atoms with Crippen LogP contribution in [0.4, 0.5) is 4.79 Å². The number of aromatic nitrogens is 3.